The molecule has 0 saturated heterocycles. The van der Waals surface area contributed by atoms with Crippen LogP contribution in [0.2, 0.25) is 0 Å². The smallest absolute Gasteiger partial charge is 0.0359 e. The van der Waals surface area contributed by atoms with Gasteiger partial charge in [-0.15, -0.1) is 0 Å². The van der Waals surface area contributed by atoms with Crippen LogP contribution in [-0.4, -0.2) is 17.5 Å². The number of hydrogen-bond donors (Lipinski definition) is 2. The van der Waals surface area contributed by atoms with Gasteiger partial charge in [-0.3, -0.25) is 0 Å². The van der Waals surface area contributed by atoms with Crippen LogP contribution in [0.3, 0.4) is 0 Å². The Kier molecular flexibility index (Phi) is 4.75. The summed E-state index contributed by atoms with van der Waals surface area (Å²) in [6.07, 6.45) is 7.53. The highest BCUT2D eigenvalue weighted by atomic mass is 32.2. The maximum atomic E-state index is 5.94. The zero-order chi connectivity index (χ0) is 12.1. The van der Waals surface area contributed by atoms with Gasteiger partial charge in [-0.1, -0.05) is 18.2 Å². The topological polar surface area (TPSA) is 38.0 Å². The van der Waals surface area contributed by atoms with Gasteiger partial charge in [0.1, 0.15) is 0 Å². The molecule has 1 fully saturated rings. The van der Waals surface area contributed by atoms with Crippen LogP contribution in [0.4, 0.5) is 5.69 Å². The molecule has 0 unspecified atom stereocenters. The molecule has 94 valence electrons. The van der Waals surface area contributed by atoms with Crippen molar-refractivity contribution in [3.63, 3.8) is 0 Å². The number of nitrogens with two attached hydrogens (primary N) is 1. The van der Waals surface area contributed by atoms with Gasteiger partial charge >= 0.3 is 0 Å². The zero-order valence-electron chi connectivity index (χ0n) is 10.5. The van der Waals surface area contributed by atoms with E-state index in [0.29, 0.717) is 6.04 Å². The lowest BCUT2D eigenvalue weighted by molar-refractivity contribution is 0.379. The molecule has 1 aromatic rings. The molecule has 17 heavy (non-hydrogen) atoms. The summed E-state index contributed by atoms with van der Waals surface area (Å²) in [4.78, 5) is 0. The van der Waals surface area contributed by atoms with E-state index in [9.17, 15) is 0 Å². The van der Waals surface area contributed by atoms with Crippen molar-refractivity contribution in [3.8, 4) is 0 Å². The van der Waals surface area contributed by atoms with Crippen molar-refractivity contribution in [2.45, 2.75) is 43.5 Å². The third kappa shape index (κ3) is 3.65. The molecule has 3 heteroatoms. The maximum Gasteiger partial charge on any atom is 0.0359 e. The molecule has 2 nitrogen and oxygen atoms in total. The fourth-order valence-electron chi connectivity index (χ4n) is 2.45. The summed E-state index contributed by atoms with van der Waals surface area (Å²) < 4.78 is 0. The standard InChI is InChI=1S/C14H22N2S/c1-17-13-8-6-12(7-9-13)16-10-11-4-2-3-5-14(11)15/h2-5,12-13,16H,6-10,15H2,1H3. The first-order chi connectivity index (χ1) is 8.29. The van der Waals surface area contributed by atoms with Crippen LogP contribution in [0.1, 0.15) is 31.2 Å². The molecule has 0 atom stereocenters. The van der Waals surface area contributed by atoms with E-state index in [4.69, 9.17) is 5.73 Å². The molecule has 1 aliphatic carbocycles. The van der Waals surface area contributed by atoms with Crippen LogP contribution in [0.25, 0.3) is 0 Å². The summed E-state index contributed by atoms with van der Waals surface area (Å²) in [5.41, 5.74) is 8.06. The third-order valence-electron chi connectivity index (χ3n) is 3.64. The molecular formula is C14H22N2S. The van der Waals surface area contributed by atoms with Gasteiger partial charge in [0.2, 0.25) is 0 Å². The number of para-hydroxylation sites is 1. The highest BCUT2D eigenvalue weighted by Gasteiger charge is 2.19. The summed E-state index contributed by atoms with van der Waals surface area (Å²) in [5.74, 6) is 0. The lowest BCUT2D eigenvalue weighted by Gasteiger charge is -2.28. The molecule has 0 amide bonds. The minimum Gasteiger partial charge on any atom is -0.398 e. The monoisotopic (exact) mass is 250 g/mol. The van der Waals surface area contributed by atoms with Gasteiger partial charge in [0.15, 0.2) is 0 Å². The second-order valence-corrected chi connectivity index (χ2v) is 5.93. The summed E-state index contributed by atoms with van der Waals surface area (Å²) in [6, 6.07) is 8.80. The molecule has 0 aromatic heterocycles. The van der Waals surface area contributed by atoms with Crippen LogP contribution in [-0.2, 0) is 6.54 Å². The first kappa shape index (κ1) is 12.8. The quantitative estimate of drug-likeness (QED) is 0.807. The van der Waals surface area contributed by atoms with E-state index < -0.39 is 0 Å². The molecule has 1 aliphatic rings. The van der Waals surface area contributed by atoms with Crippen molar-refractivity contribution < 1.29 is 0 Å². The largest absolute Gasteiger partial charge is 0.398 e. The summed E-state index contributed by atoms with van der Waals surface area (Å²) >= 11 is 2.02. The Morgan fingerprint density at radius 1 is 1.24 bits per heavy atom. The molecule has 3 N–H and O–H groups in total. The Bertz CT molecular complexity index is 346. The van der Waals surface area contributed by atoms with E-state index in [-0.39, 0.29) is 0 Å². The molecule has 1 aromatic carbocycles. The van der Waals surface area contributed by atoms with Gasteiger partial charge in [0.05, 0.1) is 0 Å². The Labute approximate surface area is 108 Å². The van der Waals surface area contributed by atoms with E-state index in [1.807, 2.05) is 23.9 Å². The van der Waals surface area contributed by atoms with Gasteiger partial charge in [-0.05, 0) is 43.6 Å². The van der Waals surface area contributed by atoms with Gasteiger partial charge in [-0.2, -0.15) is 11.8 Å². The van der Waals surface area contributed by atoms with Crippen LogP contribution < -0.4 is 11.1 Å². The number of nitrogens with one attached hydrogen (secondary N) is 1. The predicted octanol–water partition coefficient (Wildman–Crippen LogP) is 3.03. The molecule has 0 aliphatic heterocycles. The Morgan fingerprint density at radius 2 is 1.94 bits per heavy atom. The summed E-state index contributed by atoms with van der Waals surface area (Å²) in [5, 5.41) is 4.52. The van der Waals surface area contributed by atoms with E-state index in [0.717, 1.165) is 17.5 Å². The number of benzene rings is 1. The molecule has 0 heterocycles. The average Bonchev–Trinajstić information content (AvgIpc) is 2.38. The van der Waals surface area contributed by atoms with E-state index in [1.54, 1.807) is 0 Å². The molecule has 0 bridgehead atoms. The molecule has 1 saturated carbocycles. The van der Waals surface area contributed by atoms with Gasteiger partial charge in [-0.25, -0.2) is 0 Å². The van der Waals surface area contributed by atoms with Crippen molar-refractivity contribution >= 4 is 17.4 Å². The van der Waals surface area contributed by atoms with E-state index >= 15 is 0 Å². The van der Waals surface area contributed by atoms with E-state index in [1.165, 1.54) is 31.2 Å². The van der Waals surface area contributed by atoms with Crippen LogP contribution in [0.15, 0.2) is 24.3 Å². The van der Waals surface area contributed by atoms with Crippen molar-refractivity contribution in [1.82, 2.24) is 5.32 Å². The van der Waals surface area contributed by atoms with Crippen LogP contribution in [0, 0.1) is 0 Å². The zero-order valence-corrected chi connectivity index (χ0v) is 11.3. The van der Waals surface area contributed by atoms with Crippen molar-refractivity contribution in [2.75, 3.05) is 12.0 Å². The van der Waals surface area contributed by atoms with Crippen molar-refractivity contribution in [3.05, 3.63) is 29.8 Å². The molecule has 0 radical (unpaired) electrons. The van der Waals surface area contributed by atoms with Crippen molar-refractivity contribution in [1.29, 1.82) is 0 Å². The van der Waals surface area contributed by atoms with E-state index in [2.05, 4.69) is 23.7 Å². The minimum absolute atomic E-state index is 0.679. The predicted molar refractivity (Wildman–Crippen MR) is 77.3 cm³/mol. The Balaban J connectivity index is 1.78. The maximum absolute atomic E-state index is 5.94. The highest BCUT2D eigenvalue weighted by Crippen LogP contribution is 2.27. The molecule has 0 spiro atoms. The second-order valence-electron chi connectivity index (χ2n) is 4.79. The first-order valence-corrected chi connectivity index (χ1v) is 7.68. The molecular weight excluding hydrogens is 228 g/mol. The highest BCUT2D eigenvalue weighted by molar-refractivity contribution is 7.99. The second kappa shape index (κ2) is 6.31. The first-order valence-electron chi connectivity index (χ1n) is 6.39. The van der Waals surface area contributed by atoms with Gasteiger partial charge < -0.3 is 11.1 Å². The van der Waals surface area contributed by atoms with Crippen LogP contribution in [0.5, 0.6) is 0 Å². The number of anilines is 1. The van der Waals surface area contributed by atoms with Crippen LogP contribution >= 0.6 is 11.8 Å². The van der Waals surface area contributed by atoms with Gasteiger partial charge in [0.25, 0.3) is 0 Å². The fourth-order valence-corrected chi connectivity index (χ4v) is 3.20. The number of hydrogen-bond acceptors (Lipinski definition) is 3. The lowest BCUT2D eigenvalue weighted by atomic mass is 9.95. The Hall–Kier alpha value is -0.670. The minimum atomic E-state index is 0.679. The SMILES string of the molecule is CSC1CCC(NCc2ccccc2N)CC1. The third-order valence-corrected chi connectivity index (χ3v) is 4.78. The lowest BCUT2D eigenvalue weighted by Crippen LogP contribution is -2.33. The molecule has 2 rings (SSSR count). The number of nitrogen functional groups attached to an aromatic ring is 1. The Morgan fingerprint density at radius 3 is 2.59 bits per heavy atom. The van der Waals surface area contributed by atoms with Gasteiger partial charge in [0, 0.05) is 23.5 Å². The number of thioether (sulfide) groups is 1. The average molecular weight is 250 g/mol. The summed E-state index contributed by atoms with van der Waals surface area (Å²) in [6.45, 7) is 0.904. The summed E-state index contributed by atoms with van der Waals surface area (Å²) in [7, 11) is 0. The normalized spacial score (nSPS) is 24.8. The van der Waals surface area contributed by atoms with Crippen molar-refractivity contribution in [2.24, 2.45) is 0 Å². The fraction of sp³-hybridized carbons (Fsp3) is 0.571. The number of rotatable bonds is 4.